The van der Waals surface area contributed by atoms with E-state index in [1.165, 1.54) is 0 Å². The molecule has 0 aliphatic rings. The van der Waals surface area contributed by atoms with Crippen molar-refractivity contribution in [3.63, 3.8) is 0 Å². The van der Waals surface area contributed by atoms with Crippen LogP contribution in [0.2, 0.25) is 5.02 Å². The Bertz CT molecular complexity index is 1150. The molecule has 0 saturated heterocycles. The number of halogens is 1. The van der Waals surface area contributed by atoms with Crippen molar-refractivity contribution >= 4 is 34.3 Å². The second kappa shape index (κ2) is 6.78. The molecule has 0 aliphatic carbocycles. The quantitative estimate of drug-likeness (QED) is 0.512. The van der Waals surface area contributed by atoms with Gasteiger partial charge >= 0.3 is 0 Å². The van der Waals surface area contributed by atoms with Crippen molar-refractivity contribution in [2.45, 2.75) is 6.92 Å². The van der Waals surface area contributed by atoms with Gasteiger partial charge in [0.25, 0.3) is 0 Å². The van der Waals surface area contributed by atoms with E-state index in [1.807, 2.05) is 61.5 Å². The summed E-state index contributed by atoms with van der Waals surface area (Å²) in [5.41, 5.74) is 15.3. The van der Waals surface area contributed by atoms with Gasteiger partial charge in [-0.2, -0.15) is 4.98 Å². The lowest BCUT2D eigenvalue weighted by molar-refractivity contribution is 0.483. The van der Waals surface area contributed by atoms with Gasteiger partial charge in [0.1, 0.15) is 17.3 Å². The molecule has 27 heavy (non-hydrogen) atoms. The van der Waals surface area contributed by atoms with Gasteiger partial charge in [-0.25, -0.2) is 4.98 Å². The Morgan fingerprint density at radius 2 is 1.67 bits per heavy atom. The highest BCUT2D eigenvalue weighted by Gasteiger charge is 2.13. The lowest BCUT2D eigenvalue weighted by atomic mass is 9.97. The summed E-state index contributed by atoms with van der Waals surface area (Å²) in [5.74, 6) is 1.92. The van der Waals surface area contributed by atoms with E-state index in [9.17, 15) is 0 Å². The maximum absolute atomic E-state index is 6.34. The molecule has 0 atom stereocenters. The number of hydrogen-bond donors (Lipinski definition) is 2. The second-order valence-electron chi connectivity index (χ2n) is 6.19. The summed E-state index contributed by atoms with van der Waals surface area (Å²) in [5, 5.41) is 1.37. The van der Waals surface area contributed by atoms with Crippen molar-refractivity contribution < 1.29 is 4.74 Å². The van der Waals surface area contributed by atoms with Crippen molar-refractivity contribution in [3.8, 4) is 22.6 Å². The molecule has 4 rings (SSSR count). The molecule has 1 aromatic heterocycles. The minimum Gasteiger partial charge on any atom is -0.457 e. The van der Waals surface area contributed by atoms with Gasteiger partial charge in [-0.05, 0) is 60.0 Å². The van der Waals surface area contributed by atoms with E-state index in [-0.39, 0.29) is 5.95 Å². The Morgan fingerprint density at radius 1 is 0.889 bits per heavy atom. The maximum atomic E-state index is 6.34. The van der Waals surface area contributed by atoms with Crippen LogP contribution in [0.15, 0.2) is 60.7 Å². The highest BCUT2D eigenvalue weighted by molar-refractivity contribution is 6.31. The fraction of sp³-hybridized carbons (Fsp3) is 0.0476. The molecule has 0 amide bonds. The average molecular weight is 377 g/mol. The molecule has 0 bridgehead atoms. The minimum atomic E-state index is 0.161. The van der Waals surface area contributed by atoms with Crippen molar-refractivity contribution in [1.29, 1.82) is 0 Å². The summed E-state index contributed by atoms with van der Waals surface area (Å²) in [6, 6.07) is 19.0. The molecule has 1 heterocycles. The van der Waals surface area contributed by atoms with Crippen LogP contribution in [0.1, 0.15) is 5.56 Å². The third kappa shape index (κ3) is 3.37. The van der Waals surface area contributed by atoms with Gasteiger partial charge in [-0.3, -0.25) is 0 Å². The van der Waals surface area contributed by atoms with E-state index in [1.54, 1.807) is 6.07 Å². The molecule has 0 saturated carbocycles. The van der Waals surface area contributed by atoms with Gasteiger partial charge in [0.05, 0.1) is 5.52 Å². The highest BCUT2D eigenvalue weighted by atomic mass is 35.5. The third-order valence-electron chi connectivity index (χ3n) is 4.33. The number of nitrogens with two attached hydrogens (primary N) is 2. The van der Waals surface area contributed by atoms with Gasteiger partial charge in [0.15, 0.2) is 0 Å². The number of para-hydroxylation sites is 1. The summed E-state index contributed by atoms with van der Waals surface area (Å²) in [6.45, 7) is 1.98. The molecule has 0 spiro atoms. The van der Waals surface area contributed by atoms with Crippen molar-refractivity contribution in [3.05, 3.63) is 71.2 Å². The van der Waals surface area contributed by atoms with Crippen LogP contribution in [-0.4, -0.2) is 9.97 Å². The van der Waals surface area contributed by atoms with Gasteiger partial charge < -0.3 is 16.2 Å². The molecule has 3 aromatic carbocycles. The van der Waals surface area contributed by atoms with Gasteiger partial charge in [-0.1, -0.05) is 35.9 Å². The minimum absolute atomic E-state index is 0.161. The SMILES string of the molecule is Cc1c(-c2cc(Cl)cc(Oc3ccccc3)c2)ccc2nc(N)nc(N)c12. The molecule has 6 heteroatoms. The number of benzene rings is 3. The monoisotopic (exact) mass is 376 g/mol. The fourth-order valence-electron chi connectivity index (χ4n) is 3.16. The second-order valence-corrected chi connectivity index (χ2v) is 6.63. The van der Waals surface area contributed by atoms with E-state index in [0.717, 1.165) is 27.8 Å². The molecule has 4 aromatic rings. The van der Waals surface area contributed by atoms with Gasteiger partial charge in [0.2, 0.25) is 5.95 Å². The van der Waals surface area contributed by atoms with Crippen LogP contribution in [0.4, 0.5) is 11.8 Å². The predicted octanol–water partition coefficient (Wildman–Crippen LogP) is 5.22. The first kappa shape index (κ1) is 17.1. The van der Waals surface area contributed by atoms with E-state index in [0.29, 0.717) is 22.1 Å². The number of anilines is 2. The first-order valence-electron chi connectivity index (χ1n) is 8.37. The molecular formula is C21H17ClN4O. The average Bonchev–Trinajstić information content (AvgIpc) is 2.61. The lowest BCUT2D eigenvalue weighted by Crippen LogP contribution is -2.02. The molecule has 0 radical (unpaired) electrons. The summed E-state index contributed by atoms with van der Waals surface area (Å²) in [7, 11) is 0. The zero-order valence-electron chi connectivity index (χ0n) is 14.6. The van der Waals surface area contributed by atoms with Crippen molar-refractivity contribution in [1.82, 2.24) is 9.97 Å². The Labute approximate surface area is 161 Å². The Morgan fingerprint density at radius 3 is 2.44 bits per heavy atom. The number of hydrogen-bond acceptors (Lipinski definition) is 5. The van der Waals surface area contributed by atoms with E-state index < -0.39 is 0 Å². The number of nitrogen functional groups attached to an aromatic ring is 2. The van der Waals surface area contributed by atoms with Crippen molar-refractivity contribution in [2.75, 3.05) is 11.5 Å². The smallest absolute Gasteiger partial charge is 0.222 e. The standard InChI is InChI=1S/C21H17ClN4O/c1-12-17(7-8-18-19(12)20(23)26-21(24)25-18)13-9-14(22)11-16(10-13)27-15-5-3-2-4-6-15/h2-11H,1H3,(H4,23,24,25,26). The molecule has 0 aliphatic heterocycles. The molecule has 0 unspecified atom stereocenters. The normalized spacial score (nSPS) is 10.9. The van der Waals surface area contributed by atoms with E-state index >= 15 is 0 Å². The molecule has 134 valence electrons. The lowest BCUT2D eigenvalue weighted by Gasteiger charge is -2.13. The van der Waals surface area contributed by atoms with E-state index in [4.69, 9.17) is 27.8 Å². The topological polar surface area (TPSA) is 87.0 Å². The largest absolute Gasteiger partial charge is 0.457 e. The number of ether oxygens (including phenoxy) is 1. The molecule has 5 nitrogen and oxygen atoms in total. The van der Waals surface area contributed by atoms with Crippen molar-refractivity contribution in [2.24, 2.45) is 0 Å². The molecule has 0 fully saturated rings. The zero-order valence-corrected chi connectivity index (χ0v) is 15.4. The molecule has 4 N–H and O–H groups in total. The molecular weight excluding hydrogens is 360 g/mol. The number of fused-ring (bicyclic) bond motifs is 1. The van der Waals surface area contributed by atoms with Gasteiger partial charge in [-0.15, -0.1) is 0 Å². The number of aryl methyl sites for hydroxylation is 1. The summed E-state index contributed by atoms with van der Waals surface area (Å²) in [4.78, 5) is 8.34. The van der Waals surface area contributed by atoms with Gasteiger partial charge in [0, 0.05) is 10.4 Å². The first-order valence-corrected chi connectivity index (χ1v) is 8.75. The van der Waals surface area contributed by atoms with Crippen LogP contribution in [0.5, 0.6) is 11.5 Å². The Balaban J connectivity index is 1.83. The summed E-state index contributed by atoms with van der Waals surface area (Å²) >= 11 is 6.34. The first-order chi connectivity index (χ1) is 13.0. The number of rotatable bonds is 3. The number of nitrogens with zero attached hydrogens (tertiary/aromatic N) is 2. The van der Waals surface area contributed by atoms with Crippen LogP contribution < -0.4 is 16.2 Å². The zero-order chi connectivity index (χ0) is 19.0. The van der Waals surface area contributed by atoms with E-state index in [2.05, 4.69) is 9.97 Å². The summed E-state index contributed by atoms with van der Waals surface area (Å²) < 4.78 is 5.94. The summed E-state index contributed by atoms with van der Waals surface area (Å²) in [6.07, 6.45) is 0. The highest BCUT2D eigenvalue weighted by Crippen LogP contribution is 2.36. The Kier molecular flexibility index (Phi) is 4.30. The van der Waals surface area contributed by atoms with Crippen LogP contribution >= 0.6 is 11.6 Å². The third-order valence-corrected chi connectivity index (χ3v) is 4.55. The maximum Gasteiger partial charge on any atom is 0.222 e. The van der Waals surface area contributed by atoms with Crippen LogP contribution in [0.25, 0.3) is 22.0 Å². The van der Waals surface area contributed by atoms with Crippen LogP contribution in [0.3, 0.4) is 0 Å². The van der Waals surface area contributed by atoms with Crippen LogP contribution in [-0.2, 0) is 0 Å². The Hall–Kier alpha value is -3.31. The number of aromatic nitrogens is 2. The fourth-order valence-corrected chi connectivity index (χ4v) is 3.38. The van der Waals surface area contributed by atoms with Crippen LogP contribution in [0, 0.1) is 6.92 Å². The predicted molar refractivity (Wildman–Crippen MR) is 110 cm³/mol.